The van der Waals surface area contributed by atoms with Crippen LogP contribution in [0.5, 0.6) is 0 Å². The van der Waals surface area contributed by atoms with Gasteiger partial charge in [-0.1, -0.05) is 28.1 Å². The molecule has 6 heteroatoms. The van der Waals surface area contributed by atoms with Gasteiger partial charge in [0.15, 0.2) is 0 Å². The Morgan fingerprint density at radius 3 is 2.29 bits per heavy atom. The van der Waals surface area contributed by atoms with Gasteiger partial charge in [0.25, 0.3) is 0 Å². The Morgan fingerprint density at radius 2 is 1.68 bits per heavy atom. The summed E-state index contributed by atoms with van der Waals surface area (Å²) in [6, 6.07) is 8.42. The van der Waals surface area contributed by atoms with Crippen LogP contribution in [0.15, 0.2) is 28.7 Å². The summed E-state index contributed by atoms with van der Waals surface area (Å²) in [5, 5.41) is 2.97. The third-order valence-corrected chi connectivity index (χ3v) is 10.0. The number of hydrogen-bond acceptors (Lipinski definition) is 3. The van der Waals surface area contributed by atoms with Gasteiger partial charge < -0.3 is 10.2 Å². The van der Waals surface area contributed by atoms with Gasteiger partial charge in [0.1, 0.15) is 0 Å². The quantitative estimate of drug-likeness (QED) is 0.671. The van der Waals surface area contributed by atoms with Crippen molar-refractivity contribution in [1.82, 2.24) is 15.1 Å². The van der Waals surface area contributed by atoms with Crippen LogP contribution in [0.1, 0.15) is 44.1 Å². The number of fused-ring (bicyclic) bond motifs is 1. The molecule has 5 nitrogen and oxygen atoms in total. The lowest BCUT2D eigenvalue weighted by atomic mass is 9.38. The van der Waals surface area contributed by atoms with Crippen molar-refractivity contribution in [3.05, 3.63) is 34.3 Å². The molecule has 166 valence electrons. The maximum Gasteiger partial charge on any atom is 0.242 e. The van der Waals surface area contributed by atoms with E-state index in [1.54, 1.807) is 0 Å². The number of piperazine rings is 1. The lowest BCUT2D eigenvalue weighted by Crippen LogP contribution is -2.59. The molecule has 4 aliphatic carbocycles. The molecule has 2 atom stereocenters. The van der Waals surface area contributed by atoms with Gasteiger partial charge in [0.2, 0.25) is 11.8 Å². The van der Waals surface area contributed by atoms with Gasteiger partial charge in [-0.05, 0) is 78.4 Å². The average Bonchev–Trinajstić information content (AvgIpc) is 3.21. The molecule has 2 amide bonds. The Hall–Kier alpha value is -1.40. The first-order valence-electron chi connectivity index (χ1n) is 12.0. The molecule has 0 aromatic heterocycles. The Morgan fingerprint density at radius 1 is 1.00 bits per heavy atom. The summed E-state index contributed by atoms with van der Waals surface area (Å²) in [6.07, 6.45) is 7.31. The minimum absolute atomic E-state index is 0.0609. The molecule has 5 aliphatic rings. The van der Waals surface area contributed by atoms with E-state index in [-0.39, 0.29) is 23.8 Å². The second kappa shape index (κ2) is 7.31. The Labute approximate surface area is 193 Å². The summed E-state index contributed by atoms with van der Waals surface area (Å²) >= 11 is 3.48. The Balaban J connectivity index is 0.944. The monoisotopic (exact) mass is 485 g/mol. The van der Waals surface area contributed by atoms with E-state index in [4.69, 9.17) is 0 Å². The summed E-state index contributed by atoms with van der Waals surface area (Å²) in [6.45, 7) is 4.31. The minimum atomic E-state index is 0.0609. The maximum absolute atomic E-state index is 12.7. The molecule has 1 saturated heterocycles. The van der Waals surface area contributed by atoms with E-state index < -0.39 is 0 Å². The number of rotatable bonds is 6. The van der Waals surface area contributed by atoms with Crippen LogP contribution < -0.4 is 5.32 Å². The zero-order valence-electron chi connectivity index (χ0n) is 18.1. The lowest BCUT2D eigenvalue weighted by molar-refractivity contribution is -0.177. The molecule has 5 fully saturated rings. The molecule has 1 aromatic rings. The van der Waals surface area contributed by atoms with Crippen LogP contribution in [-0.4, -0.2) is 54.3 Å². The van der Waals surface area contributed by atoms with Crippen LogP contribution in [0, 0.1) is 28.6 Å². The highest BCUT2D eigenvalue weighted by Crippen LogP contribution is 2.85. The molecule has 4 saturated carbocycles. The van der Waals surface area contributed by atoms with Gasteiger partial charge in [0.05, 0.1) is 6.54 Å². The summed E-state index contributed by atoms with van der Waals surface area (Å²) in [7, 11) is 0. The van der Waals surface area contributed by atoms with Crippen molar-refractivity contribution in [2.24, 2.45) is 28.6 Å². The highest BCUT2D eigenvalue weighted by molar-refractivity contribution is 9.10. The van der Waals surface area contributed by atoms with Gasteiger partial charge in [-0.3, -0.25) is 14.5 Å². The van der Waals surface area contributed by atoms with Crippen LogP contribution in [-0.2, 0) is 16.1 Å². The predicted molar refractivity (Wildman–Crippen MR) is 122 cm³/mol. The second-order valence-electron chi connectivity index (χ2n) is 11.0. The number of carbonyl (C=O) groups excluding carboxylic acids is 2. The summed E-state index contributed by atoms with van der Waals surface area (Å²) < 4.78 is 1.10. The molecule has 2 unspecified atom stereocenters. The van der Waals surface area contributed by atoms with E-state index in [0.29, 0.717) is 11.8 Å². The molecule has 2 bridgehead atoms. The van der Waals surface area contributed by atoms with Crippen LogP contribution >= 0.6 is 15.9 Å². The number of benzene rings is 1. The van der Waals surface area contributed by atoms with E-state index in [2.05, 4.69) is 50.4 Å². The first-order chi connectivity index (χ1) is 15.0. The summed E-state index contributed by atoms with van der Waals surface area (Å²) in [5.74, 6) is 2.96. The number of carbonyl (C=O) groups is 2. The number of halogens is 1. The minimum Gasteiger partial charge on any atom is -0.347 e. The number of nitrogens with zero attached hydrogens (tertiary/aromatic N) is 2. The molecular formula is C25H32BrN3O2. The van der Waals surface area contributed by atoms with E-state index >= 15 is 0 Å². The normalized spacial score (nSPS) is 37.7. The Bertz CT molecular complexity index is 877. The highest BCUT2D eigenvalue weighted by atomic mass is 79.9. The zero-order valence-corrected chi connectivity index (χ0v) is 19.7. The molecule has 1 N–H and O–H groups in total. The first kappa shape index (κ1) is 20.2. The zero-order chi connectivity index (χ0) is 21.2. The Kier molecular flexibility index (Phi) is 4.77. The topological polar surface area (TPSA) is 52.7 Å². The van der Waals surface area contributed by atoms with Crippen molar-refractivity contribution in [2.75, 3.05) is 32.7 Å². The fourth-order valence-corrected chi connectivity index (χ4v) is 8.41. The van der Waals surface area contributed by atoms with Crippen molar-refractivity contribution in [1.29, 1.82) is 0 Å². The van der Waals surface area contributed by atoms with Gasteiger partial charge in [-0.15, -0.1) is 0 Å². The third-order valence-electron chi connectivity index (χ3n) is 9.48. The standard InChI is InChI=1S/C25H32BrN3O2/c26-21-3-1-17(2-4-21)15-28-5-7-29(8-6-28)23(31)14-27-22(30)13-24-11-19-9-18-10-20(12-24)25(18,19)16-24/h1-4,18-20H,5-16H2,(H,27,30). The fourth-order valence-electron chi connectivity index (χ4n) is 8.14. The van der Waals surface area contributed by atoms with E-state index in [9.17, 15) is 9.59 Å². The maximum atomic E-state index is 12.7. The smallest absolute Gasteiger partial charge is 0.242 e. The van der Waals surface area contributed by atoms with Crippen molar-refractivity contribution in [3.63, 3.8) is 0 Å². The van der Waals surface area contributed by atoms with Crippen molar-refractivity contribution in [3.8, 4) is 0 Å². The largest absolute Gasteiger partial charge is 0.347 e. The molecular weight excluding hydrogens is 454 g/mol. The molecule has 31 heavy (non-hydrogen) atoms. The SMILES string of the molecule is O=C(CC12CC3CC4CC(C1)C43C2)NCC(=O)N1CCN(Cc2ccc(Br)cc2)CC1. The van der Waals surface area contributed by atoms with Crippen LogP contribution in [0.3, 0.4) is 0 Å². The third kappa shape index (κ3) is 3.28. The predicted octanol–water partition coefficient (Wildman–Crippen LogP) is 3.43. The highest BCUT2D eigenvalue weighted by Gasteiger charge is 2.77. The lowest BCUT2D eigenvalue weighted by Gasteiger charge is -2.66. The molecule has 1 aliphatic heterocycles. The van der Waals surface area contributed by atoms with Gasteiger partial charge in [-0.2, -0.15) is 0 Å². The molecule has 1 heterocycles. The van der Waals surface area contributed by atoms with Gasteiger partial charge >= 0.3 is 0 Å². The molecule has 1 spiro atoms. The van der Waals surface area contributed by atoms with Crippen LogP contribution in [0.25, 0.3) is 0 Å². The van der Waals surface area contributed by atoms with E-state index in [1.807, 2.05) is 4.90 Å². The number of hydrogen-bond donors (Lipinski definition) is 1. The van der Waals surface area contributed by atoms with Crippen molar-refractivity contribution >= 4 is 27.7 Å². The van der Waals surface area contributed by atoms with Crippen LogP contribution in [0.4, 0.5) is 0 Å². The van der Waals surface area contributed by atoms with E-state index in [1.165, 1.54) is 37.7 Å². The molecule has 1 aromatic carbocycles. The fraction of sp³-hybridized carbons (Fsp3) is 0.680. The summed E-state index contributed by atoms with van der Waals surface area (Å²) in [5.41, 5.74) is 2.21. The molecule has 0 radical (unpaired) electrons. The molecule has 6 rings (SSSR count). The number of amides is 2. The van der Waals surface area contributed by atoms with E-state index in [0.717, 1.165) is 55.0 Å². The first-order valence-corrected chi connectivity index (χ1v) is 12.8. The number of nitrogens with one attached hydrogen (secondary N) is 1. The van der Waals surface area contributed by atoms with Gasteiger partial charge in [0, 0.05) is 43.6 Å². The summed E-state index contributed by atoms with van der Waals surface area (Å²) in [4.78, 5) is 29.7. The van der Waals surface area contributed by atoms with Crippen molar-refractivity contribution in [2.45, 2.75) is 45.1 Å². The van der Waals surface area contributed by atoms with Gasteiger partial charge in [-0.25, -0.2) is 0 Å². The average molecular weight is 486 g/mol. The van der Waals surface area contributed by atoms with Crippen LogP contribution in [0.2, 0.25) is 0 Å². The second-order valence-corrected chi connectivity index (χ2v) is 11.9. The van der Waals surface area contributed by atoms with Crippen molar-refractivity contribution < 1.29 is 9.59 Å².